The Morgan fingerprint density at radius 3 is 3.11 bits per heavy atom. The average molecular weight is 319 g/mol. The normalized spacial score (nSPS) is 12.3. The largest absolute Gasteiger partial charge is 0.364 e. The molecule has 0 atom stereocenters. The van der Waals surface area contributed by atoms with Crippen molar-refractivity contribution in [2.24, 2.45) is 0 Å². The van der Waals surface area contributed by atoms with Crippen LogP contribution >= 0.6 is 22.9 Å². The summed E-state index contributed by atoms with van der Waals surface area (Å²) in [6.45, 7) is 0.0204. The van der Waals surface area contributed by atoms with Crippen LogP contribution in [0.2, 0.25) is 5.15 Å². The Bertz CT molecular complexity index is 806. The van der Waals surface area contributed by atoms with E-state index in [0.29, 0.717) is 10.7 Å². The molecule has 0 amide bonds. The number of hydrogen-bond donors (Lipinski definition) is 1. The van der Waals surface area contributed by atoms with Gasteiger partial charge in [-0.25, -0.2) is 18.1 Å². The van der Waals surface area contributed by atoms with E-state index in [1.54, 1.807) is 17.6 Å². The molecule has 0 radical (unpaired) electrons. The fourth-order valence-electron chi connectivity index (χ4n) is 1.55. The number of halogens is 1. The van der Waals surface area contributed by atoms with E-state index in [9.17, 15) is 8.42 Å². The Labute approximate surface area is 116 Å². The second-order valence-electron chi connectivity index (χ2n) is 3.58. The fourth-order valence-corrected chi connectivity index (χ4v) is 3.99. The molecule has 19 heavy (non-hydrogen) atoms. The molecule has 0 aromatic carbocycles. The molecule has 0 aliphatic heterocycles. The van der Waals surface area contributed by atoms with Gasteiger partial charge in [0, 0.05) is 17.6 Å². The molecule has 3 aromatic heterocycles. The van der Waals surface area contributed by atoms with Crippen LogP contribution in [0.3, 0.4) is 0 Å². The van der Waals surface area contributed by atoms with Gasteiger partial charge in [0.1, 0.15) is 6.26 Å². The Morgan fingerprint density at radius 2 is 2.37 bits per heavy atom. The van der Waals surface area contributed by atoms with E-state index in [2.05, 4.69) is 19.4 Å². The number of sulfonamides is 1. The van der Waals surface area contributed by atoms with E-state index < -0.39 is 10.0 Å². The lowest BCUT2D eigenvalue weighted by Crippen LogP contribution is -2.24. The van der Waals surface area contributed by atoms with Crippen molar-refractivity contribution in [2.45, 2.75) is 11.6 Å². The van der Waals surface area contributed by atoms with Gasteiger partial charge in [0.2, 0.25) is 0 Å². The third-order valence-electron chi connectivity index (χ3n) is 2.37. The standard InChI is InChI=1S/C9H7ClN4O3S2/c10-7-8(14-2-4-18-9(14)12-7)19(15,16)11-5-6-1-3-17-13-6/h1-4,11H,5H2. The SMILES string of the molecule is O=S(=O)(NCc1ccon1)c1c(Cl)nc2sccn12. The lowest BCUT2D eigenvalue weighted by atomic mass is 10.5. The van der Waals surface area contributed by atoms with Crippen molar-refractivity contribution in [1.82, 2.24) is 19.3 Å². The van der Waals surface area contributed by atoms with E-state index in [1.807, 2.05) is 0 Å². The number of nitrogens with one attached hydrogen (secondary N) is 1. The summed E-state index contributed by atoms with van der Waals surface area (Å²) in [5.74, 6) is 0. The molecule has 0 aliphatic carbocycles. The molecule has 3 heterocycles. The number of rotatable bonds is 4. The summed E-state index contributed by atoms with van der Waals surface area (Å²) in [5, 5.41) is 5.22. The second kappa shape index (κ2) is 4.60. The van der Waals surface area contributed by atoms with Gasteiger partial charge in [-0.05, 0) is 0 Å². The van der Waals surface area contributed by atoms with Crippen molar-refractivity contribution in [3.63, 3.8) is 0 Å². The van der Waals surface area contributed by atoms with Gasteiger partial charge in [-0.1, -0.05) is 16.8 Å². The Balaban J connectivity index is 1.95. The highest BCUT2D eigenvalue weighted by Gasteiger charge is 2.24. The first kappa shape index (κ1) is 12.6. The Morgan fingerprint density at radius 1 is 1.53 bits per heavy atom. The maximum Gasteiger partial charge on any atom is 0.260 e. The van der Waals surface area contributed by atoms with Gasteiger partial charge >= 0.3 is 0 Å². The molecule has 0 saturated carbocycles. The van der Waals surface area contributed by atoms with E-state index in [4.69, 9.17) is 11.6 Å². The summed E-state index contributed by atoms with van der Waals surface area (Å²) in [6, 6.07) is 1.57. The second-order valence-corrected chi connectivity index (χ2v) is 6.49. The van der Waals surface area contributed by atoms with Gasteiger partial charge in [0.15, 0.2) is 15.1 Å². The third kappa shape index (κ3) is 2.25. The van der Waals surface area contributed by atoms with Crippen LogP contribution in [0.1, 0.15) is 5.69 Å². The molecule has 0 fully saturated rings. The zero-order chi connectivity index (χ0) is 13.5. The predicted molar refractivity (Wildman–Crippen MR) is 68.6 cm³/mol. The topological polar surface area (TPSA) is 89.5 Å². The molecular weight excluding hydrogens is 312 g/mol. The van der Waals surface area contributed by atoms with Crippen LogP contribution in [-0.2, 0) is 16.6 Å². The molecule has 0 bridgehead atoms. The first-order chi connectivity index (χ1) is 9.08. The Kier molecular flexibility index (Phi) is 3.05. The molecule has 0 aliphatic rings. The van der Waals surface area contributed by atoms with Crippen molar-refractivity contribution < 1.29 is 12.9 Å². The van der Waals surface area contributed by atoms with Gasteiger partial charge in [0.25, 0.3) is 10.0 Å². The number of nitrogens with zero attached hydrogens (tertiary/aromatic N) is 3. The summed E-state index contributed by atoms with van der Waals surface area (Å²) in [4.78, 5) is 4.50. The quantitative estimate of drug-likeness (QED) is 0.787. The van der Waals surface area contributed by atoms with Crippen molar-refractivity contribution in [3.05, 3.63) is 34.8 Å². The van der Waals surface area contributed by atoms with Gasteiger partial charge in [0.05, 0.1) is 12.2 Å². The van der Waals surface area contributed by atoms with E-state index in [0.717, 1.165) is 0 Å². The molecule has 0 spiro atoms. The Hall–Kier alpha value is -1.42. The smallest absolute Gasteiger partial charge is 0.260 e. The molecule has 0 saturated heterocycles. The van der Waals surface area contributed by atoms with Gasteiger partial charge < -0.3 is 4.52 Å². The molecule has 3 rings (SSSR count). The molecule has 100 valence electrons. The average Bonchev–Trinajstić information content (AvgIpc) is 3.01. The van der Waals surface area contributed by atoms with Crippen molar-refractivity contribution in [1.29, 1.82) is 0 Å². The minimum Gasteiger partial charge on any atom is -0.364 e. The minimum atomic E-state index is -3.78. The maximum absolute atomic E-state index is 12.2. The fraction of sp³-hybridized carbons (Fsp3) is 0.111. The highest BCUT2D eigenvalue weighted by molar-refractivity contribution is 7.89. The lowest BCUT2D eigenvalue weighted by Gasteiger charge is -2.04. The van der Waals surface area contributed by atoms with Crippen LogP contribution in [0.4, 0.5) is 0 Å². The summed E-state index contributed by atoms with van der Waals surface area (Å²) in [7, 11) is -3.78. The number of thiazole rings is 1. The zero-order valence-corrected chi connectivity index (χ0v) is 11.7. The number of imidazole rings is 1. The molecule has 1 N–H and O–H groups in total. The number of aromatic nitrogens is 3. The van der Waals surface area contributed by atoms with Crippen LogP contribution in [0.25, 0.3) is 4.96 Å². The maximum atomic E-state index is 12.2. The third-order valence-corrected chi connectivity index (χ3v) is 4.92. The summed E-state index contributed by atoms with van der Waals surface area (Å²) in [6.07, 6.45) is 2.97. The van der Waals surface area contributed by atoms with Crippen molar-refractivity contribution >= 4 is 37.9 Å². The van der Waals surface area contributed by atoms with E-state index >= 15 is 0 Å². The highest BCUT2D eigenvalue weighted by atomic mass is 35.5. The van der Waals surface area contributed by atoms with Crippen LogP contribution in [0.5, 0.6) is 0 Å². The van der Waals surface area contributed by atoms with Crippen LogP contribution in [0.15, 0.2) is 33.5 Å². The van der Waals surface area contributed by atoms with Gasteiger partial charge in [-0.15, -0.1) is 11.3 Å². The van der Waals surface area contributed by atoms with Crippen molar-refractivity contribution in [2.75, 3.05) is 0 Å². The molecule has 0 unspecified atom stereocenters. The first-order valence-corrected chi connectivity index (χ1v) is 7.82. The molecule has 3 aromatic rings. The monoisotopic (exact) mass is 318 g/mol. The number of fused-ring (bicyclic) bond motifs is 1. The van der Waals surface area contributed by atoms with Crippen LogP contribution < -0.4 is 4.72 Å². The van der Waals surface area contributed by atoms with Gasteiger partial charge in [-0.3, -0.25) is 4.40 Å². The lowest BCUT2D eigenvalue weighted by molar-refractivity contribution is 0.411. The van der Waals surface area contributed by atoms with E-state index in [1.165, 1.54) is 22.0 Å². The molecular formula is C9H7ClN4O3S2. The summed E-state index contributed by atoms with van der Waals surface area (Å²) < 4.78 is 32.9. The minimum absolute atomic E-state index is 0.0204. The zero-order valence-electron chi connectivity index (χ0n) is 9.28. The van der Waals surface area contributed by atoms with Crippen LogP contribution in [-0.4, -0.2) is 23.0 Å². The predicted octanol–water partition coefficient (Wildman–Crippen LogP) is 1.52. The molecule has 7 nitrogen and oxygen atoms in total. The van der Waals surface area contributed by atoms with Crippen molar-refractivity contribution in [3.8, 4) is 0 Å². The molecule has 10 heteroatoms. The number of hydrogen-bond acceptors (Lipinski definition) is 6. The highest BCUT2D eigenvalue weighted by Crippen LogP contribution is 2.25. The van der Waals surface area contributed by atoms with Crippen LogP contribution in [0, 0.1) is 0 Å². The summed E-state index contributed by atoms with van der Waals surface area (Å²) >= 11 is 7.18. The first-order valence-electron chi connectivity index (χ1n) is 5.08. The van der Waals surface area contributed by atoms with Gasteiger partial charge in [-0.2, -0.15) is 0 Å². The van der Waals surface area contributed by atoms with E-state index in [-0.39, 0.29) is 16.7 Å². The summed E-state index contributed by atoms with van der Waals surface area (Å²) in [5.41, 5.74) is 0.478.